The van der Waals surface area contributed by atoms with Crippen molar-refractivity contribution in [3.63, 3.8) is 0 Å². The van der Waals surface area contributed by atoms with Gasteiger partial charge in [0, 0.05) is 0 Å². The minimum Gasteiger partial charge on any atom is -0.519 e. The number of carbonyl (C=O) groups excluding carboxylic acids is 1. The van der Waals surface area contributed by atoms with Crippen molar-refractivity contribution >= 4 is 14.3 Å². The zero-order valence-corrected chi connectivity index (χ0v) is 11.2. The maximum atomic E-state index is 11.7. The lowest BCUT2D eigenvalue weighted by atomic mass is 10.1. The second kappa shape index (κ2) is 6.22. The highest BCUT2D eigenvalue weighted by Crippen LogP contribution is 2.23. The molecule has 0 radical (unpaired) electrons. The van der Waals surface area contributed by atoms with Crippen LogP contribution in [0.2, 0.25) is 18.1 Å². The molecule has 1 atom stereocenters. The monoisotopic (exact) mass is 216 g/mol. The molecule has 0 aromatic carbocycles. The lowest BCUT2D eigenvalue weighted by molar-refractivity contribution is -0.139. The first-order valence-corrected chi connectivity index (χ1v) is 8.31. The van der Waals surface area contributed by atoms with Crippen LogP contribution in [-0.4, -0.2) is 14.3 Å². The van der Waals surface area contributed by atoms with Gasteiger partial charge in [-0.2, -0.15) is 0 Å². The Morgan fingerprint density at radius 2 is 1.57 bits per heavy atom. The van der Waals surface area contributed by atoms with Crippen molar-refractivity contribution in [1.82, 2.24) is 0 Å². The molecular weight excluding hydrogens is 192 g/mol. The van der Waals surface area contributed by atoms with Gasteiger partial charge in [0.2, 0.25) is 0 Å². The fraction of sp³-hybridized carbons (Fsp3) is 0.909. The van der Waals surface area contributed by atoms with Crippen LogP contribution in [0.5, 0.6) is 0 Å². The van der Waals surface area contributed by atoms with E-state index < -0.39 is 8.32 Å². The second-order valence-electron chi connectivity index (χ2n) is 3.97. The van der Waals surface area contributed by atoms with Crippen LogP contribution >= 0.6 is 0 Å². The van der Waals surface area contributed by atoms with Crippen LogP contribution in [0.3, 0.4) is 0 Å². The van der Waals surface area contributed by atoms with Crippen LogP contribution in [0.15, 0.2) is 0 Å². The van der Waals surface area contributed by atoms with Crippen molar-refractivity contribution in [2.45, 2.75) is 59.2 Å². The van der Waals surface area contributed by atoms with Gasteiger partial charge in [0.1, 0.15) is 0 Å². The molecular formula is C11H24O2Si. The molecule has 0 aromatic rings. The van der Waals surface area contributed by atoms with Crippen molar-refractivity contribution in [1.29, 1.82) is 0 Å². The average Bonchev–Trinajstić information content (AvgIpc) is 2.24. The van der Waals surface area contributed by atoms with Crippen molar-refractivity contribution < 1.29 is 9.22 Å². The number of hydrogen-bond acceptors (Lipinski definition) is 2. The molecule has 14 heavy (non-hydrogen) atoms. The highest BCUT2D eigenvalue weighted by molar-refractivity contribution is 6.74. The Hall–Kier alpha value is -0.313. The quantitative estimate of drug-likeness (QED) is 0.634. The van der Waals surface area contributed by atoms with Gasteiger partial charge < -0.3 is 4.43 Å². The molecule has 0 spiro atoms. The van der Waals surface area contributed by atoms with Crippen LogP contribution in [-0.2, 0) is 9.22 Å². The molecule has 0 fully saturated rings. The Morgan fingerprint density at radius 3 is 1.86 bits per heavy atom. The van der Waals surface area contributed by atoms with E-state index in [2.05, 4.69) is 20.8 Å². The van der Waals surface area contributed by atoms with Gasteiger partial charge in [-0.15, -0.1) is 0 Å². The van der Waals surface area contributed by atoms with E-state index in [4.69, 9.17) is 4.43 Å². The Bertz CT molecular complexity index is 168. The molecule has 0 heterocycles. The van der Waals surface area contributed by atoms with E-state index in [1.165, 1.54) is 0 Å². The molecule has 2 nitrogen and oxygen atoms in total. The first-order chi connectivity index (χ1) is 6.55. The summed E-state index contributed by atoms with van der Waals surface area (Å²) >= 11 is 0. The summed E-state index contributed by atoms with van der Waals surface area (Å²) in [5, 5.41) is 0. The number of hydrogen-bond donors (Lipinski definition) is 0. The van der Waals surface area contributed by atoms with Crippen molar-refractivity contribution in [2.75, 3.05) is 0 Å². The third-order valence-electron chi connectivity index (χ3n) is 3.26. The van der Waals surface area contributed by atoms with E-state index in [0.29, 0.717) is 0 Å². The van der Waals surface area contributed by atoms with Gasteiger partial charge >= 0.3 is 0 Å². The second-order valence-corrected chi connectivity index (χ2v) is 8.67. The van der Waals surface area contributed by atoms with Crippen LogP contribution in [0.1, 0.15) is 41.0 Å². The molecule has 0 aromatic heterocycles. The molecule has 0 amide bonds. The first kappa shape index (κ1) is 13.7. The predicted octanol–water partition coefficient (Wildman–Crippen LogP) is 3.58. The summed E-state index contributed by atoms with van der Waals surface area (Å²) in [4.78, 5) is 11.7. The minimum atomic E-state index is -1.71. The summed E-state index contributed by atoms with van der Waals surface area (Å²) in [6, 6.07) is 3.13. The topological polar surface area (TPSA) is 26.3 Å². The largest absolute Gasteiger partial charge is 0.519 e. The average molecular weight is 216 g/mol. The zero-order valence-electron chi connectivity index (χ0n) is 10.2. The van der Waals surface area contributed by atoms with Gasteiger partial charge in [-0.25, -0.2) is 0 Å². The Morgan fingerprint density at radius 1 is 1.14 bits per heavy atom. The summed E-state index contributed by atoms with van der Waals surface area (Å²) in [5.74, 6) is 0.0799. The van der Waals surface area contributed by atoms with E-state index >= 15 is 0 Å². The maximum Gasteiger partial charge on any atom is 0.295 e. The molecule has 0 aliphatic rings. The predicted molar refractivity (Wildman–Crippen MR) is 62.7 cm³/mol. The van der Waals surface area contributed by atoms with Gasteiger partial charge in [0.25, 0.3) is 14.3 Å². The van der Waals surface area contributed by atoms with Crippen LogP contribution in [0, 0.1) is 5.92 Å². The molecule has 0 saturated carbocycles. The van der Waals surface area contributed by atoms with Gasteiger partial charge in [-0.1, -0.05) is 34.6 Å². The summed E-state index contributed by atoms with van der Waals surface area (Å²) in [6.45, 7) is 10.4. The first-order valence-electron chi connectivity index (χ1n) is 5.78. The molecule has 0 rings (SSSR count). The lowest BCUT2D eigenvalue weighted by Crippen LogP contribution is -2.39. The lowest BCUT2D eigenvalue weighted by Gasteiger charge is -2.28. The van der Waals surface area contributed by atoms with E-state index in [0.717, 1.165) is 24.6 Å². The summed E-state index contributed by atoms with van der Waals surface area (Å²) < 4.78 is 5.74. The van der Waals surface area contributed by atoms with E-state index in [1.54, 1.807) is 0 Å². The molecule has 0 N–H and O–H groups in total. The van der Waals surface area contributed by atoms with Crippen molar-refractivity contribution in [2.24, 2.45) is 5.92 Å². The molecule has 0 bridgehead atoms. The molecule has 84 valence electrons. The fourth-order valence-corrected chi connectivity index (χ4v) is 4.01. The zero-order chi connectivity index (χ0) is 11.2. The molecule has 0 aliphatic heterocycles. The molecule has 3 heteroatoms. The fourth-order valence-electron chi connectivity index (χ4n) is 1.45. The summed E-state index contributed by atoms with van der Waals surface area (Å²) in [7, 11) is -1.71. The standard InChI is InChI=1S/C11H24O2Si/c1-6-10(5)11(12)13-14(7-2,8-3)9-4/h10H,6-9H2,1-5H3. The Labute approximate surface area is 89.2 Å². The van der Waals surface area contributed by atoms with E-state index in [1.807, 2.05) is 13.8 Å². The van der Waals surface area contributed by atoms with Crippen LogP contribution in [0.25, 0.3) is 0 Å². The maximum absolute atomic E-state index is 11.7. The SMILES string of the molecule is CCC(C)C(=O)O[Si](CC)(CC)CC. The number of rotatable bonds is 6. The van der Waals surface area contributed by atoms with Crippen molar-refractivity contribution in [3.8, 4) is 0 Å². The number of carbonyl (C=O) groups is 1. The van der Waals surface area contributed by atoms with Gasteiger partial charge in [-0.3, -0.25) is 4.79 Å². The molecule has 1 unspecified atom stereocenters. The summed E-state index contributed by atoms with van der Waals surface area (Å²) in [6.07, 6.45) is 0.875. The van der Waals surface area contributed by atoms with E-state index in [9.17, 15) is 4.79 Å². The van der Waals surface area contributed by atoms with Gasteiger partial charge in [-0.05, 0) is 24.6 Å². The summed E-state index contributed by atoms with van der Waals surface area (Å²) in [5.41, 5.74) is 0. The smallest absolute Gasteiger partial charge is 0.295 e. The van der Waals surface area contributed by atoms with Gasteiger partial charge in [0.15, 0.2) is 0 Å². The Kier molecular flexibility index (Phi) is 6.08. The molecule has 0 aliphatic carbocycles. The van der Waals surface area contributed by atoms with Crippen LogP contribution < -0.4 is 0 Å². The van der Waals surface area contributed by atoms with Gasteiger partial charge in [0.05, 0.1) is 5.92 Å². The van der Waals surface area contributed by atoms with Crippen LogP contribution in [0.4, 0.5) is 0 Å². The highest BCUT2D eigenvalue weighted by atomic mass is 28.4. The third kappa shape index (κ3) is 3.44. The normalized spacial score (nSPS) is 13.8. The van der Waals surface area contributed by atoms with E-state index in [-0.39, 0.29) is 11.9 Å². The minimum absolute atomic E-state index is 0.0183. The Balaban J connectivity index is 4.37. The van der Waals surface area contributed by atoms with Crippen molar-refractivity contribution in [3.05, 3.63) is 0 Å². The third-order valence-corrected chi connectivity index (χ3v) is 7.77. The molecule has 0 saturated heterocycles. The highest BCUT2D eigenvalue weighted by Gasteiger charge is 2.33.